The van der Waals surface area contributed by atoms with Crippen molar-refractivity contribution in [3.8, 4) is 0 Å². The average Bonchev–Trinajstić information content (AvgIpc) is 2.48. The van der Waals surface area contributed by atoms with E-state index in [1.54, 1.807) is 6.07 Å². The third-order valence-electron chi connectivity index (χ3n) is 3.63. The number of fused-ring (bicyclic) bond motifs is 1. The molecular weight excluding hydrogens is 272 g/mol. The second kappa shape index (κ2) is 5.47. The number of nitrogens with zero attached hydrogens (tertiary/aromatic N) is 1. The second-order valence-corrected chi connectivity index (χ2v) is 8.48. The zero-order valence-corrected chi connectivity index (χ0v) is 13.3. The Morgan fingerprint density at radius 1 is 1.20 bits per heavy atom. The number of hydrogen-bond donors (Lipinski definition) is 1. The van der Waals surface area contributed by atoms with Crippen LogP contribution in [0.25, 0.3) is 0 Å². The van der Waals surface area contributed by atoms with E-state index in [0.29, 0.717) is 4.90 Å². The summed E-state index contributed by atoms with van der Waals surface area (Å²) in [5.41, 5.74) is 8.30. The minimum atomic E-state index is -3.12. The van der Waals surface area contributed by atoms with E-state index in [1.165, 1.54) is 11.8 Å². The van der Waals surface area contributed by atoms with E-state index < -0.39 is 9.84 Å². The van der Waals surface area contributed by atoms with E-state index in [0.717, 1.165) is 38.0 Å². The fourth-order valence-corrected chi connectivity index (χ4v) is 3.38. The van der Waals surface area contributed by atoms with Crippen LogP contribution in [0.2, 0.25) is 0 Å². The van der Waals surface area contributed by atoms with Gasteiger partial charge in [-0.2, -0.15) is 0 Å². The minimum absolute atomic E-state index is 0.200. The number of rotatable bonds is 3. The molecule has 0 atom stereocenters. The highest BCUT2D eigenvalue weighted by Gasteiger charge is 2.20. The summed E-state index contributed by atoms with van der Waals surface area (Å²) < 4.78 is 23.3. The Bertz CT molecular complexity index is 588. The molecule has 2 rings (SSSR count). The lowest BCUT2D eigenvalue weighted by Crippen LogP contribution is -2.46. The van der Waals surface area contributed by atoms with Crippen LogP contribution in [0.4, 0.5) is 0 Å². The van der Waals surface area contributed by atoms with Crippen molar-refractivity contribution >= 4 is 9.84 Å². The summed E-state index contributed by atoms with van der Waals surface area (Å²) in [6.45, 7) is 6.84. The van der Waals surface area contributed by atoms with E-state index in [-0.39, 0.29) is 5.54 Å². The maximum atomic E-state index is 11.6. The van der Waals surface area contributed by atoms with Crippen LogP contribution in [-0.2, 0) is 22.7 Å². The highest BCUT2D eigenvalue weighted by molar-refractivity contribution is 7.90. The molecule has 112 valence electrons. The smallest absolute Gasteiger partial charge is 0.175 e. The molecule has 0 unspecified atom stereocenters. The van der Waals surface area contributed by atoms with Gasteiger partial charge in [0.2, 0.25) is 0 Å². The Labute approximate surface area is 121 Å². The monoisotopic (exact) mass is 296 g/mol. The number of sulfone groups is 1. The van der Waals surface area contributed by atoms with Gasteiger partial charge in [0, 0.05) is 31.4 Å². The number of benzene rings is 1. The Hall–Kier alpha value is -0.910. The fourth-order valence-electron chi connectivity index (χ4n) is 2.71. The third-order valence-corrected chi connectivity index (χ3v) is 4.74. The van der Waals surface area contributed by atoms with Crippen LogP contribution >= 0.6 is 0 Å². The van der Waals surface area contributed by atoms with Gasteiger partial charge in [-0.15, -0.1) is 0 Å². The normalized spacial score (nSPS) is 17.6. The minimum Gasteiger partial charge on any atom is -0.324 e. The lowest BCUT2D eigenvalue weighted by molar-refractivity contribution is 0.235. The maximum absolute atomic E-state index is 11.6. The molecule has 0 saturated carbocycles. The summed E-state index contributed by atoms with van der Waals surface area (Å²) in [4.78, 5) is 2.78. The van der Waals surface area contributed by atoms with Crippen LogP contribution in [0.1, 0.15) is 25.0 Å². The van der Waals surface area contributed by atoms with Crippen molar-refractivity contribution in [2.75, 3.05) is 25.9 Å². The van der Waals surface area contributed by atoms with Gasteiger partial charge in [0.05, 0.1) is 4.90 Å². The maximum Gasteiger partial charge on any atom is 0.175 e. The van der Waals surface area contributed by atoms with E-state index >= 15 is 0 Å². The molecule has 5 heteroatoms. The first-order valence-electron chi connectivity index (χ1n) is 6.98. The van der Waals surface area contributed by atoms with Crippen LogP contribution < -0.4 is 5.73 Å². The largest absolute Gasteiger partial charge is 0.324 e. The topological polar surface area (TPSA) is 63.4 Å². The van der Waals surface area contributed by atoms with Gasteiger partial charge >= 0.3 is 0 Å². The summed E-state index contributed by atoms with van der Waals surface area (Å²) in [6, 6.07) is 5.52. The molecule has 0 spiro atoms. The summed E-state index contributed by atoms with van der Waals surface area (Å²) in [5.74, 6) is 0. The molecule has 0 fully saturated rings. The molecule has 0 aliphatic carbocycles. The highest BCUT2D eigenvalue weighted by Crippen LogP contribution is 2.21. The van der Waals surface area contributed by atoms with Crippen LogP contribution in [0.3, 0.4) is 0 Å². The number of nitrogens with two attached hydrogens (primary N) is 1. The van der Waals surface area contributed by atoms with Crippen molar-refractivity contribution in [2.24, 2.45) is 5.73 Å². The number of hydrogen-bond acceptors (Lipinski definition) is 4. The molecule has 1 aromatic carbocycles. The Balaban J connectivity index is 2.18. The molecule has 1 aliphatic rings. The highest BCUT2D eigenvalue weighted by atomic mass is 32.2. The molecule has 0 amide bonds. The van der Waals surface area contributed by atoms with Gasteiger partial charge in [0.25, 0.3) is 0 Å². The van der Waals surface area contributed by atoms with Gasteiger partial charge in [-0.25, -0.2) is 8.42 Å². The molecular formula is C15H24N2O2S. The molecule has 4 nitrogen and oxygen atoms in total. The molecule has 0 bridgehead atoms. The molecule has 1 aromatic rings. The summed E-state index contributed by atoms with van der Waals surface area (Å²) in [7, 11) is -3.12. The Kier molecular flexibility index (Phi) is 4.23. The van der Waals surface area contributed by atoms with Gasteiger partial charge in [-0.1, -0.05) is 6.07 Å². The summed E-state index contributed by atoms with van der Waals surface area (Å²) in [5, 5.41) is 0. The first-order valence-corrected chi connectivity index (χ1v) is 8.87. The van der Waals surface area contributed by atoms with Crippen molar-refractivity contribution in [3.05, 3.63) is 29.3 Å². The molecule has 20 heavy (non-hydrogen) atoms. The first kappa shape index (κ1) is 15.5. The molecule has 0 radical (unpaired) electrons. The van der Waals surface area contributed by atoms with Crippen molar-refractivity contribution in [1.29, 1.82) is 0 Å². The van der Waals surface area contributed by atoms with Gasteiger partial charge in [-0.05, 0) is 49.9 Å². The molecule has 1 aliphatic heterocycles. The van der Waals surface area contributed by atoms with Gasteiger partial charge in [-0.3, -0.25) is 0 Å². The van der Waals surface area contributed by atoms with Crippen LogP contribution in [0.15, 0.2) is 23.1 Å². The predicted octanol–water partition coefficient (Wildman–Crippen LogP) is 1.23. The predicted molar refractivity (Wildman–Crippen MR) is 81.7 cm³/mol. The summed E-state index contributed by atoms with van der Waals surface area (Å²) >= 11 is 0. The second-order valence-electron chi connectivity index (χ2n) is 6.47. The zero-order valence-electron chi connectivity index (χ0n) is 12.5. The zero-order chi connectivity index (χ0) is 15.0. The van der Waals surface area contributed by atoms with Crippen molar-refractivity contribution in [1.82, 2.24) is 4.90 Å². The van der Waals surface area contributed by atoms with Gasteiger partial charge in [0.1, 0.15) is 0 Å². The fraction of sp³-hybridized carbons (Fsp3) is 0.600. The van der Waals surface area contributed by atoms with Crippen LogP contribution in [-0.4, -0.2) is 44.7 Å². The Morgan fingerprint density at radius 3 is 2.35 bits per heavy atom. The first-order chi connectivity index (χ1) is 9.15. The van der Waals surface area contributed by atoms with E-state index in [9.17, 15) is 8.42 Å². The van der Waals surface area contributed by atoms with Gasteiger partial charge < -0.3 is 10.6 Å². The summed E-state index contributed by atoms with van der Waals surface area (Å²) in [6.07, 6.45) is 3.10. The third kappa shape index (κ3) is 4.04. The van der Waals surface area contributed by atoms with Crippen molar-refractivity contribution in [3.63, 3.8) is 0 Å². The quantitative estimate of drug-likeness (QED) is 0.911. The standard InChI is InChI=1S/C15H24N2O2S/c1-15(2,16)11-17-8-6-12-4-5-14(20(3,18)19)10-13(12)7-9-17/h4-5,10H,6-9,11,16H2,1-3H3. The van der Waals surface area contributed by atoms with Crippen molar-refractivity contribution in [2.45, 2.75) is 37.1 Å². The van der Waals surface area contributed by atoms with E-state index in [1.807, 2.05) is 26.0 Å². The molecule has 0 saturated heterocycles. The van der Waals surface area contributed by atoms with Crippen LogP contribution in [0.5, 0.6) is 0 Å². The lowest BCUT2D eigenvalue weighted by atomic mass is 10.0. The van der Waals surface area contributed by atoms with Crippen molar-refractivity contribution < 1.29 is 8.42 Å². The Morgan fingerprint density at radius 2 is 1.80 bits per heavy atom. The molecule has 2 N–H and O–H groups in total. The van der Waals surface area contributed by atoms with E-state index in [4.69, 9.17) is 5.73 Å². The molecule has 1 heterocycles. The molecule has 0 aromatic heterocycles. The van der Waals surface area contributed by atoms with Crippen LogP contribution in [0, 0.1) is 0 Å². The average molecular weight is 296 g/mol. The van der Waals surface area contributed by atoms with E-state index in [2.05, 4.69) is 4.90 Å². The lowest BCUT2D eigenvalue weighted by Gasteiger charge is -2.28. The SMILES string of the molecule is CC(C)(N)CN1CCc2ccc(S(C)(=O)=O)cc2CC1. The van der Waals surface area contributed by atoms with Gasteiger partial charge in [0.15, 0.2) is 9.84 Å².